The molecule has 30 heavy (non-hydrogen) atoms. The van der Waals surface area contributed by atoms with Crippen LogP contribution in [0, 0.1) is 10.1 Å². The Morgan fingerprint density at radius 1 is 1.10 bits per heavy atom. The molecule has 3 aromatic rings. The van der Waals surface area contributed by atoms with E-state index in [1.54, 1.807) is 48.5 Å². The molecule has 9 heteroatoms. The van der Waals surface area contributed by atoms with E-state index in [1.807, 2.05) is 13.0 Å². The number of benzene rings is 2. The second-order valence-corrected chi connectivity index (χ2v) is 5.94. The van der Waals surface area contributed by atoms with E-state index >= 15 is 0 Å². The first-order valence-corrected chi connectivity index (χ1v) is 9.08. The highest BCUT2D eigenvalue weighted by Crippen LogP contribution is 2.30. The lowest BCUT2D eigenvalue weighted by Gasteiger charge is -2.10. The van der Waals surface area contributed by atoms with Crippen LogP contribution in [-0.4, -0.2) is 30.3 Å². The maximum absolute atomic E-state index is 11.9. The largest absolute Gasteiger partial charge is 0.490 e. The normalized spacial score (nSPS) is 10.7. The van der Waals surface area contributed by atoms with Gasteiger partial charge in [0, 0.05) is 6.07 Å². The van der Waals surface area contributed by atoms with Gasteiger partial charge in [0.05, 0.1) is 23.3 Å². The average Bonchev–Trinajstić information content (AvgIpc) is 3.22. The maximum atomic E-state index is 11.9. The van der Waals surface area contributed by atoms with Crippen LogP contribution >= 0.6 is 0 Å². The fourth-order valence-corrected chi connectivity index (χ4v) is 2.60. The Morgan fingerprint density at radius 3 is 2.53 bits per heavy atom. The van der Waals surface area contributed by atoms with Gasteiger partial charge in [0.1, 0.15) is 11.5 Å². The number of nitro groups is 1. The maximum Gasteiger partial charge on any atom is 0.280 e. The molecule has 9 nitrogen and oxygen atoms in total. The number of para-hydroxylation sites is 3. The van der Waals surface area contributed by atoms with Crippen LogP contribution < -0.4 is 14.9 Å². The highest BCUT2D eigenvalue weighted by Gasteiger charge is 2.16. The van der Waals surface area contributed by atoms with E-state index in [1.165, 1.54) is 12.3 Å². The van der Waals surface area contributed by atoms with Crippen molar-refractivity contribution in [1.82, 2.24) is 5.43 Å². The van der Waals surface area contributed by atoms with Crippen LogP contribution in [0.3, 0.4) is 0 Å². The topological polar surface area (TPSA) is 116 Å². The summed E-state index contributed by atoms with van der Waals surface area (Å²) in [5.74, 6) is 1.19. The number of furan rings is 1. The number of hydrogen-bond acceptors (Lipinski definition) is 7. The molecule has 3 rings (SSSR count). The molecule has 2 aromatic carbocycles. The molecular weight excluding hydrogens is 390 g/mol. The molecule has 1 heterocycles. The van der Waals surface area contributed by atoms with Crippen LogP contribution in [0.1, 0.15) is 12.7 Å². The van der Waals surface area contributed by atoms with E-state index < -0.39 is 10.8 Å². The lowest BCUT2D eigenvalue weighted by atomic mass is 10.1. The van der Waals surface area contributed by atoms with Gasteiger partial charge in [0.2, 0.25) is 0 Å². The third-order valence-corrected chi connectivity index (χ3v) is 3.88. The number of amides is 1. The predicted molar refractivity (Wildman–Crippen MR) is 110 cm³/mol. The SMILES string of the molecule is CCOc1ccccc1OCC(=O)NN=Cc1ccc(-c2ccccc2[N+](=O)[O-])o1. The van der Waals surface area contributed by atoms with Crippen molar-refractivity contribution in [2.24, 2.45) is 5.10 Å². The first-order chi connectivity index (χ1) is 14.6. The third kappa shape index (κ3) is 5.22. The van der Waals surface area contributed by atoms with Gasteiger partial charge >= 0.3 is 0 Å². The summed E-state index contributed by atoms with van der Waals surface area (Å²) < 4.78 is 16.4. The van der Waals surface area contributed by atoms with Gasteiger partial charge in [-0.1, -0.05) is 24.3 Å². The molecule has 0 atom stereocenters. The van der Waals surface area contributed by atoms with Gasteiger partial charge in [0.25, 0.3) is 11.6 Å². The molecular formula is C21H19N3O6. The van der Waals surface area contributed by atoms with Crippen molar-refractivity contribution in [3.8, 4) is 22.8 Å². The standard InChI is InChI=1S/C21H19N3O6/c1-2-28-19-9-5-6-10-20(19)29-14-21(25)23-22-13-15-11-12-18(30-15)16-7-3-4-8-17(16)24(26)27/h3-13H,2,14H2,1H3,(H,23,25). The van der Waals surface area contributed by atoms with Crippen molar-refractivity contribution < 1.29 is 23.6 Å². The van der Waals surface area contributed by atoms with E-state index in [0.717, 1.165) is 0 Å². The second kappa shape index (κ2) is 9.87. The summed E-state index contributed by atoms with van der Waals surface area (Å²) >= 11 is 0. The number of nitrogens with one attached hydrogen (secondary N) is 1. The van der Waals surface area contributed by atoms with Crippen molar-refractivity contribution >= 4 is 17.8 Å². The van der Waals surface area contributed by atoms with E-state index in [0.29, 0.717) is 35.2 Å². The number of ether oxygens (including phenoxy) is 2. The van der Waals surface area contributed by atoms with Crippen molar-refractivity contribution in [1.29, 1.82) is 0 Å². The van der Waals surface area contributed by atoms with E-state index in [2.05, 4.69) is 10.5 Å². The molecule has 0 aliphatic carbocycles. The smallest absolute Gasteiger partial charge is 0.280 e. The van der Waals surface area contributed by atoms with Crippen molar-refractivity contribution in [2.75, 3.05) is 13.2 Å². The lowest BCUT2D eigenvalue weighted by Crippen LogP contribution is -2.24. The Hall–Kier alpha value is -4.14. The quantitative estimate of drug-likeness (QED) is 0.327. The van der Waals surface area contributed by atoms with Crippen LogP contribution in [0.2, 0.25) is 0 Å². The lowest BCUT2D eigenvalue weighted by molar-refractivity contribution is -0.384. The number of nitro benzene ring substituents is 1. The highest BCUT2D eigenvalue weighted by molar-refractivity contribution is 5.82. The zero-order valence-electron chi connectivity index (χ0n) is 16.1. The van der Waals surface area contributed by atoms with Gasteiger partial charge in [-0.15, -0.1) is 0 Å². The Labute approximate surface area is 172 Å². The van der Waals surface area contributed by atoms with Gasteiger partial charge < -0.3 is 13.9 Å². The molecule has 0 saturated carbocycles. The second-order valence-electron chi connectivity index (χ2n) is 5.94. The van der Waals surface area contributed by atoms with Crippen LogP contribution in [-0.2, 0) is 4.79 Å². The molecule has 0 aliphatic heterocycles. The zero-order chi connectivity index (χ0) is 21.3. The summed E-state index contributed by atoms with van der Waals surface area (Å²) in [6, 6.07) is 16.5. The van der Waals surface area contributed by atoms with Crippen LogP contribution in [0.5, 0.6) is 11.5 Å². The summed E-state index contributed by atoms with van der Waals surface area (Å²) in [5.41, 5.74) is 2.62. The van der Waals surface area contributed by atoms with Gasteiger partial charge in [-0.2, -0.15) is 5.10 Å². The molecule has 1 amide bonds. The predicted octanol–water partition coefficient (Wildman–Crippen LogP) is 3.78. The van der Waals surface area contributed by atoms with Crippen LogP contribution in [0.15, 0.2) is 70.2 Å². The minimum absolute atomic E-state index is 0.0619. The summed E-state index contributed by atoms with van der Waals surface area (Å²) in [4.78, 5) is 22.6. The third-order valence-electron chi connectivity index (χ3n) is 3.88. The number of hydrazone groups is 1. The molecule has 1 N–H and O–H groups in total. The fraction of sp³-hybridized carbons (Fsp3) is 0.143. The van der Waals surface area contributed by atoms with Crippen molar-refractivity contribution in [2.45, 2.75) is 6.92 Å². The van der Waals surface area contributed by atoms with Gasteiger partial charge in [0.15, 0.2) is 18.1 Å². The van der Waals surface area contributed by atoms with Gasteiger partial charge in [-0.05, 0) is 37.3 Å². The van der Waals surface area contributed by atoms with E-state index in [4.69, 9.17) is 13.9 Å². The van der Waals surface area contributed by atoms with Crippen molar-refractivity contribution in [3.05, 3.63) is 76.5 Å². The molecule has 0 bridgehead atoms. The minimum atomic E-state index is -0.477. The molecule has 0 aliphatic rings. The molecule has 0 fully saturated rings. The Kier molecular flexibility index (Phi) is 6.78. The first-order valence-electron chi connectivity index (χ1n) is 9.08. The summed E-state index contributed by atoms with van der Waals surface area (Å²) in [6.45, 7) is 2.09. The van der Waals surface area contributed by atoms with E-state index in [9.17, 15) is 14.9 Å². The summed E-state index contributed by atoms with van der Waals surface area (Å²) in [6.07, 6.45) is 1.30. The highest BCUT2D eigenvalue weighted by atomic mass is 16.6. The number of carbonyl (C=O) groups excluding carboxylic acids is 1. The Bertz CT molecular complexity index is 1060. The molecule has 154 valence electrons. The average molecular weight is 409 g/mol. The number of carbonyl (C=O) groups is 1. The van der Waals surface area contributed by atoms with Crippen LogP contribution in [0.4, 0.5) is 5.69 Å². The first kappa shape index (κ1) is 20.6. The van der Waals surface area contributed by atoms with E-state index in [-0.39, 0.29) is 12.3 Å². The zero-order valence-corrected chi connectivity index (χ0v) is 16.1. The number of hydrogen-bond donors (Lipinski definition) is 1. The van der Waals surface area contributed by atoms with Gasteiger partial charge in [-0.3, -0.25) is 14.9 Å². The van der Waals surface area contributed by atoms with Crippen LogP contribution in [0.25, 0.3) is 11.3 Å². The molecule has 1 aromatic heterocycles. The minimum Gasteiger partial charge on any atom is -0.490 e. The van der Waals surface area contributed by atoms with Gasteiger partial charge in [-0.25, -0.2) is 5.43 Å². The Morgan fingerprint density at radius 2 is 1.80 bits per heavy atom. The number of rotatable bonds is 9. The van der Waals surface area contributed by atoms with Crippen molar-refractivity contribution in [3.63, 3.8) is 0 Å². The monoisotopic (exact) mass is 409 g/mol. The summed E-state index contributed by atoms with van der Waals surface area (Å²) in [5, 5.41) is 15.0. The molecule has 0 saturated heterocycles. The molecule has 0 unspecified atom stereocenters. The molecule has 0 spiro atoms. The fourth-order valence-electron chi connectivity index (χ4n) is 2.60. The Balaban J connectivity index is 1.57. The number of nitrogens with zero attached hydrogens (tertiary/aromatic N) is 2. The molecule has 0 radical (unpaired) electrons. The summed E-state index contributed by atoms with van der Waals surface area (Å²) in [7, 11) is 0.